The Morgan fingerprint density at radius 3 is 2.56 bits per heavy atom. The summed E-state index contributed by atoms with van der Waals surface area (Å²) in [5.41, 5.74) is 2.42. The second-order valence-corrected chi connectivity index (χ2v) is 5.56. The maximum Gasteiger partial charge on any atom is 0.0412 e. The van der Waals surface area contributed by atoms with E-state index in [0.29, 0.717) is 0 Å². The summed E-state index contributed by atoms with van der Waals surface area (Å²) in [7, 11) is 0. The van der Waals surface area contributed by atoms with Crippen LogP contribution in [0.25, 0.3) is 0 Å². The van der Waals surface area contributed by atoms with E-state index < -0.39 is 0 Å². The van der Waals surface area contributed by atoms with Crippen LogP contribution in [-0.2, 0) is 6.54 Å². The van der Waals surface area contributed by atoms with Gasteiger partial charge < -0.3 is 5.32 Å². The number of hydrogen-bond donors (Lipinski definition) is 1. The van der Waals surface area contributed by atoms with Crippen molar-refractivity contribution in [2.24, 2.45) is 0 Å². The fourth-order valence-electron chi connectivity index (χ4n) is 1.43. The molecule has 0 heterocycles. The number of para-hydroxylation sites is 1. The summed E-state index contributed by atoms with van der Waals surface area (Å²) in [5.74, 6) is 0. The molecule has 0 amide bonds. The standard InChI is InChI=1S/C13H11BrIN/c14-13-7-6-11(15)8-10(13)9-16-12-4-2-1-3-5-12/h1-8,16H,9H2. The van der Waals surface area contributed by atoms with Crippen LogP contribution in [0.4, 0.5) is 5.69 Å². The van der Waals surface area contributed by atoms with Crippen molar-refractivity contribution in [1.29, 1.82) is 0 Å². The summed E-state index contributed by atoms with van der Waals surface area (Å²) in [6.07, 6.45) is 0. The van der Waals surface area contributed by atoms with Crippen LogP contribution in [-0.4, -0.2) is 0 Å². The topological polar surface area (TPSA) is 12.0 Å². The molecule has 1 N–H and O–H groups in total. The highest BCUT2D eigenvalue weighted by atomic mass is 127. The van der Waals surface area contributed by atoms with E-state index in [2.05, 4.69) is 74.2 Å². The highest BCUT2D eigenvalue weighted by molar-refractivity contribution is 14.1. The molecule has 1 nitrogen and oxygen atoms in total. The molecule has 82 valence electrons. The van der Waals surface area contributed by atoms with Crippen molar-refractivity contribution in [3.05, 3.63) is 62.1 Å². The van der Waals surface area contributed by atoms with E-state index in [9.17, 15) is 0 Å². The van der Waals surface area contributed by atoms with Crippen molar-refractivity contribution >= 4 is 44.2 Å². The molecule has 0 aromatic heterocycles. The summed E-state index contributed by atoms with van der Waals surface area (Å²) < 4.78 is 2.40. The third-order valence-corrected chi connectivity index (χ3v) is 3.71. The molecular formula is C13H11BrIN. The molecule has 2 aromatic rings. The molecule has 0 saturated carbocycles. The van der Waals surface area contributed by atoms with Crippen molar-refractivity contribution in [2.45, 2.75) is 6.54 Å². The lowest BCUT2D eigenvalue weighted by Crippen LogP contribution is -2.00. The molecule has 0 saturated heterocycles. The summed E-state index contributed by atoms with van der Waals surface area (Å²) in [4.78, 5) is 0. The maximum atomic E-state index is 3.56. The first-order valence-electron chi connectivity index (χ1n) is 4.98. The zero-order valence-electron chi connectivity index (χ0n) is 8.58. The van der Waals surface area contributed by atoms with E-state index in [1.165, 1.54) is 9.13 Å². The molecule has 0 bridgehead atoms. The highest BCUT2D eigenvalue weighted by Crippen LogP contribution is 2.20. The summed E-state index contributed by atoms with van der Waals surface area (Å²) in [6, 6.07) is 16.6. The van der Waals surface area contributed by atoms with Crippen LogP contribution < -0.4 is 5.32 Å². The van der Waals surface area contributed by atoms with Gasteiger partial charge in [-0.1, -0.05) is 34.1 Å². The van der Waals surface area contributed by atoms with Gasteiger partial charge in [-0.15, -0.1) is 0 Å². The van der Waals surface area contributed by atoms with Crippen LogP contribution in [0.5, 0.6) is 0 Å². The third kappa shape index (κ3) is 3.22. The van der Waals surface area contributed by atoms with Crippen LogP contribution in [0, 0.1) is 3.57 Å². The molecule has 0 aliphatic carbocycles. The first-order valence-corrected chi connectivity index (χ1v) is 6.86. The summed E-state index contributed by atoms with van der Waals surface area (Å²) in [5, 5.41) is 3.40. The predicted octanol–water partition coefficient (Wildman–Crippen LogP) is 4.67. The highest BCUT2D eigenvalue weighted by Gasteiger charge is 2.00. The lowest BCUT2D eigenvalue weighted by molar-refractivity contribution is 1.13. The molecule has 2 aromatic carbocycles. The molecule has 0 aliphatic heterocycles. The van der Waals surface area contributed by atoms with E-state index >= 15 is 0 Å². The Bertz CT molecular complexity index is 471. The largest absolute Gasteiger partial charge is 0.381 e. The Hall–Kier alpha value is -0.550. The van der Waals surface area contributed by atoms with Crippen molar-refractivity contribution in [3.63, 3.8) is 0 Å². The van der Waals surface area contributed by atoms with E-state index in [-0.39, 0.29) is 0 Å². The molecule has 0 unspecified atom stereocenters. The van der Waals surface area contributed by atoms with Gasteiger partial charge in [0.25, 0.3) is 0 Å². The van der Waals surface area contributed by atoms with Gasteiger partial charge in [0.05, 0.1) is 0 Å². The van der Waals surface area contributed by atoms with Crippen molar-refractivity contribution in [3.8, 4) is 0 Å². The normalized spacial score (nSPS) is 10.1. The lowest BCUT2D eigenvalue weighted by atomic mass is 10.2. The Morgan fingerprint density at radius 2 is 1.81 bits per heavy atom. The fraction of sp³-hybridized carbons (Fsp3) is 0.0769. The molecule has 3 heteroatoms. The van der Waals surface area contributed by atoms with Gasteiger partial charge in [0.2, 0.25) is 0 Å². The molecule has 2 rings (SSSR count). The van der Waals surface area contributed by atoms with Crippen molar-refractivity contribution in [1.82, 2.24) is 0 Å². The summed E-state index contributed by atoms with van der Waals surface area (Å²) >= 11 is 5.89. The molecular weight excluding hydrogens is 377 g/mol. The minimum absolute atomic E-state index is 0.835. The third-order valence-electron chi connectivity index (χ3n) is 2.26. The first kappa shape index (κ1) is 11.9. The maximum absolute atomic E-state index is 3.56. The summed E-state index contributed by atoms with van der Waals surface area (Å²) in [6.45, 7) is 0.835. The number of benzene rings is 2. The molecule has 0 aliphatic rings. The number of hydrogen-bond acceptors (Lipinski definition) is 1. The Balaban J connectivity index is 2.08. The number of nitrogens with one attached hydrogen (secondary N) is 1. The molecule has 0 spiro atoms. The van der Waals surface area contributed by atoms with Crippen molar-refractivity contribution in [2.75, 3.05) is 5.32 Å². The number of halogens is 2. The van der Waals surface area contributed by atoms with Gasteiger partial charge in [0.15, 0.2) is 0 Å². The fourth-order valence-corrected chi connectivity index (χ4v) is 2.37. The van der Waals surface area contributed by atoms with Gasteiger partial charge in [-0.3, -0.25) is 0 Å². The average molecular weight is 388 g/mol. The Kier molecular flexibility index (Phi) is 4.23. The Morgan fingerprint density at radius 1 is 1.06 bits per heavy atom. The van der Waals surface area contributed by atoms with Crippen LogP contribution >= 0.6 is 38.5 Å². The minimum atomic E-state index is 0.835. The van der Waals surface area contributed by atoms with Gasteiger partial charge in [-0.05, 0) is 58.5 Å². The van der Waals surface area contributed by atoms with Gasteiger partial charge in [-0.25, -0.2) is 0 Å². The number of anilines is 1. The van der Waals surface area contributed by atoms with E-state index in [4.69, 9.17) is 0 Å². The zero-order valence-corrected chi connectivity index (χ0v) is 12.3. The zero-order chi connectivity index (χ0) is 11.4. The van der Waals surface area contributed by atoms with Gasteiger partial charge in [0.1, 0.15) is 0 Å². The second-order valence-electron chi connectivity index (χ2n) is 3.46. The van der Waals surface area contributed by atoms with Crippen molar-refractivity contribution < 1.29 is 0 Å². The predicted molar refractivity (Wildman–Crippen MR) is 80.6 cm³/mol. The van der Waals surface area contributed by atoms with Crippen LogP contribution in [0.3, 0.4) is 0 Å². The average Bonchev–Trinajstić information content (AvgIpc) is 2.32. The monoisotopic (exact) mass is 387 g/mol. The van der Waals surface area contributed by atoms with Gasteiger partial charge in [0, 0.05) is 20.3 Å². The number of rotatable bonds is 3. The van der Waals surface area contributed by atoms with Gasteiger partial charge in [-0.2, -0.15) is 0 Å². The van der Waals surface area contributed by atoms with E-state index in [1.54, 1.807) is 0 Å². The smallest absolute Gasteiger partial charge is 0.0412 e. The minimum Gasteiger partial charge on any atom is -0.381 e. The first-order chi connectivity index (χ1) is 7.75. The lowest BCUT2D eigenvalue weighted by Gasteiger charge is -2.08. The molecule has 16 heavy (non-hydrogen) atoms. The van der Waals surface area contributed by atoms with Crippen LogP contribution in [0.1, 0.15) is 5.56 Å². The van der Waals surface area contributed by atoms with Crippen LogP contribution in [0.2, 0.25) is 0 Å². The molecule has 0 fully saturated rings. The molecule has 0 radical (unpaired) electrons. The van der Waals surface area contributed by atoms with E-state index in [1.807, 2.05) is 18.2 Å². The Labute approximate surface area is 118 Å². The SMILES string of the molecule is Brc1ccc(I)cc1CNc1ccccc1. The van der Waals surface area contributed by atoms with Gasteiger partial charge >= 0.3 is 0 Å². The van der Waals surface area contributed by atoms with E-state index in [0.717, 1.165) is 16.7 Å². The van der Waals surface area contributed by atoms with Crippen LogP contribution in [0.15, 0.2) is 53.0 Å². The quantitative estimate of drug-likeness (QED) is 0.755. The molecule has 0 atom stereocenters. The second kappa shape index (κ2) is 5.68.